The molecule has 3 rings (SSSR count). The van der Waals surface area contributed by atoms with Gasteiger partial charge >= 0.3 is 0 Å². The lowest BCUT2D eigenvalue weighted by atomic mass is 9.89. The SMILES string of the molecule is CC1=CC23CC2CCC=C3C1. The fourth-order valence-electron chi connectivity index (χ4n) is 3.05. The summed E-state index contributed by atoms with van der Waals surface area (Å²) in [6, 6.07) is 0. The molecule has 2 unspecified atom stereocenters. The summed E-state index contributed by atoms with van der Waals surface area (Å²) in [5, 5.41) is 0. The third-order valence-electron chi connectivity index (χ3n) is 3.63. The van der Waals surface area contributed by atoms with Gasteiger partial charge in [0.15, 0.2) is 0 Å². The van der Waals surface area contributed by atoms with Gasteiger partial charge in [0.2, 0.25) is 0 Å². The van der Waals surface area contributed by atoms with E-state index in [1.165, 1.54) is 25.7 Å². The van der Waals surface area contributed by atoms with Crippen LogP contribution in [0.2, 0.25) is 0 Å². The van der Waals surface area contributed by atoms with E-state index in [4.69, 9.17) is 0 Å². The highest BCUT2D eigenvalue weighted by Crippen LogP contribution is 2.67. The maximum Gasteiger partial charge on any atom is 0.0128 e. The molecular formula is C11H14. The molecule has 11 heavy (non-hydrogen) atoms. The Morgan fingerprint density at radius 3 is 3.27 bits per heavy atom. The van der Waals surface area contributed by atoms with Crippen LogP contribution in [0, 0.1) is 11.3 Å². The molecule has 0 saturated heterocycles. The standard InChI is InChI=1S/C11H14/c1-8-5-9-3-2-4-10-7-11(9,10)6-8/h3,6,10H,2,4-5,7H2,1H3. The predicted molar refractivity (Wildman–Crippen MR) is 46.2 cm³/mol. The molecule has 0 bridgehead atoms. The summed E-state index contributed by atoms with van der Waals surface area (Å²) < 4.78 is 0. The summed E-state index contributed by atoms with van der Waals surface area (Å²) in [6.07, 6.45) is 10.6. The lowest BCUT2D eigenvalue weighted by Gasteiger charge is -2.15. The van der Waals surface area contributed by atoms with Gasteiger partial charge in [0.05, 0.1) is 0 Å². The summed E-state index contributed by atoms with van der Waals surface area (Å²) in [4.78, 5) is 0. The molecule has 0 aromatic rings. The number of hydrogen-bond acceptors (Lipinski definition) is 0. The predicted octanol–water partition coefficient (Wildman–Crippen LogP) is 3.06. The Labute approximate surface area is 68.0 Å². The zero-order chi connectivity index (χ0) is 7.47. The molecule has 0 amide bonds. The van der Waals surface area contributed by atoms with Gasteiger partial charge in [0.25, 0.3) is 0 Å². The molecule has 1 fully saturated rings. The average molecular weight is 146 g/mol. The van der Waals surface area contributed by atoms with E-state index >= 15 is 0 Å². The molecule has 0 radical (unpaired) electrons. The van der Waals surface area contributed by atoms with Gasteiger partial charge < -0.3 is 0 Å². The molecule has 0 aromatic heterocycles. The molecular weight excluding hydrogens is 132 g/mol. The van der Waals surface area contributed by atoms with E-state index in [0.29, 0.717) is 5.41 Å². The van der Waals surface area contributed by atoms with Gasteiger partial charge in [0, 0.05) is 5.41 Å². The molecule has 3 aliphatic carbocycles. The van der Waals surface area contributed by atoms with Crippen molar-refractivity contribution in [2.45, 2.75) is 32.6 Å². The van der Waals surface area contributed by atoms with E-state index in [2.05, 4.69) is 19.1 Å². The van der Waals surface area contributed by atoms with Crippen LogP contribution in [0.1, 0.15) is 32.6 Å². The number of hydrogen-bond donors (Lipinski definition) is 0. The van der Waals surface area contributed by atoms with Crippen molar-refractivity contribution in [2.75, 3.05) is 0 Å². The highest BCUT2D eigenvalue weighted by molar-refractivity contribution is 5.44. The van der Waals surface area contributed by atoms with Gasteiger partial charge in [-0.1, -0.05) is 23.3 Å². The lowest BCUT2D eigenvalue weighted by Crippen LogP contribution is -2.03. The quantitative estimate of drug-likeness (QED) is 0.461. The Kier molecular flexibility index (Phi) is 0.894. The molecule has 0 aliphatic heterocycles. The minimum absolute atomic E-state index is 0.627. The van der Waals surface area contributed by atoms with Crippen molar-refractivity contribution in [1.29, 1.82) is 0 Å². The molecule has 1 saturated carbocycles. The van der Waals surface area contributed by atoms with Gasteiger partial charge in [-0.25, -0.2) is 0 Å². The highest BCUT2D eigenvalue weighted by Gasteiger charge is 2.57. The van der Waals surface area contributed by atoms with Crippen LogP contribution in [0.4, 0.5) is 0 Å². The normalized spacial score (nSPS) is 45.7. The van der Waals surface area contributed by atoms with E-state index in [1.807, 2.05) is 0 Å². The van der Waals surface area contributed by atoms with Gasteiger partial charge in [-0.3, -0.25) is 0 Å². The smallest absolute Gasteiger partial charge is 0.0128 e. The van der Waals surface area contributed by atoms with E-state index < -0.39 is 0 Å². The minimum Gasteiger partial charge on any atom is -0.0841 e. The molecule has 2 atom stereocenters. The second kappa shape index (κ2) is 1.63. The molecule has 0 heterocycles. The number of rotatable bonds is 0. The van der Waals surface area contributed by atoms with Crippen LogP contribution >= 0.6 is 0 Å². The van der Waals surface area contributed by atoms with Gasteiger partial charge in [-0.15, -0.1) is 0 Å². The molecule has 3 aliphatic rings. The third-order valence-corrected chi connectivity index (χ3v) is 3.63. The molecule has 0 aromatic carbocycles. The summed E-state index contributed by atoms with van der Waals surface area (Å²) in [6.45, 7) is 2.28. The van der Waals surface area contributed by atoms with Crippen molar-refractivity contribution in [1.82, 2.24) is 0 Å². The van der Waals surface area contributed by atoms with Crippen molar-refractivity contribution in [3.63, 3.8) is 0 Å². The Morgan fingerprint density at radius 1 is 1.55 bits per heavy atom. The third kappa shape index (κ3) is 0.610. The van der Waals surface area contributed by atoms with Crippen LogP contribution in [0.3, 0.4) is 0 Å². The first-order valence-corrected chi connectivity index (χ1v) is 4.69. The first-order valence-electron chi connectivity index (χ1n) is 4.69. The van der Waals surface area contributed by atoms with Crippen molar-refractivity contribution in [3.8, 4) is 0 Å². The van der Waals surface area contributed by atoms with E-state index in [9.17, 15) is 0 Å². The highest BCUT2D eigenvalue weighted by atomic mass is 14.6. The van der Waals surface area contributed by atoms with Crippen LogP contribution in [0.25, 0.3) is 0 Å². The molecule has 58 valence electrons. The average Bonchev–Trinajstić information content (AvgIpc) is 2.55. The first-order chi connectivity index (χ1) is 5.31. The Balaban J connectivity index is 2.09. The monoisotopic (exact) mass is 146 g/mol. The maximum atomic E-state index is 2.54. The largest absolute Gasteiger partial charge is 0.0841 e. The Bertz CT molecular complexity index is 270. The number of allylic oxidation sites excluding steroid dienone is 4. The fourth-order valence-corrected chi connectivity index (χ4v) is 3.05. The second-order valence-electron chi connectivity index (χ2n) is 4.42. The van der Waals surface area contributed by atoms with Crippen molar-refractivity contribution in [3.05, 3.63) is 23.3 Å². The van der Waals surface area contributed by atoms with Crippen molar-refractivity contribution < 1.29 is 0 Å². The summed E-state index contributed by atoms with van der Waals surface area (Å²) in [5.74, 6) is 1.04. The second-order valence-corrected chi connectivity index (χ2v) is 4.42. The minimum atomic E-state index is 0.627. The van der Waals surface area contributed by atoms with Gasteiger partial charge in [-0.05, 0) is 38.5 Å². The first kappa shape index (κ1) is 6.05. The Morgan fingerprint density at radius 2 is 2.45 bits per heavy atom. The van der Waals surface area contributed by atoms with Crippen molar-refractivity contribution >= 4 is 0 Å². The molecule has 0 N–H and O–H groups in total. The molecule has 1 spiro atoms. The van der Waals surface area contributed by atoms with Gasteiger partial charge in [0.1, 0.15) is 0 Å². The fraction of sp³-hybridized carbons (Fsp3) is 0.636. The molecule has 0 nitrogen and oxygen atoms in total. The van der Waals surface area contributed by atoms with Crippen LogP contribution < -0.4 is 0 Å². The summed E-state index contributed by atoms with van der Waals surface area (Å²) >= 11 is 0. The van der Waals surface area contributed by atoms with Crippen molar-refractivity contribution in [2.24, 2.45) is 11.3 Å². The van der Waals surface area contributed by atoms with E-state index in [-0.39, 0.29) is 0 Å². The van der Waals surface area contributed by atoms with E-state index in [0.717, 1.165) is 5.92 Å². The van der Waals surface area contributed by atoms with Crippen LogP contribution in [0.5, 0.6) is 0 Å². The zero-order valence-electron chi connectivity index (χ0n) is 7.06. The van der Waals surface area contributed by atoms with Crippen LogP contribution in [-0.2, 0) is 0 Å². The summed E-state index contributed by atoms with van der Waals surface area (Å²) in [7, 11) is 0. The summed E-state index contributed by atoms with van der Waals surface area (Å²) in [5.41, 5.74) is 3.99. The zero-order valence-corrected chi connectivity index (χ0v) is 7.06. The molecule has 0 heteroatoms. The van der Waals surface area contributed by atoms with Crippen LogP contribution in [0.15, 0.2) is 23.3 Å². The van der Waals surface area contributed by atoms with E-state index in [1.54, 1.807) is 11.1 Å². The van der Waals surface area contributed by atoms with Crippen LogP contribution in [-0.4, -0.2) is 0 Å². The lowest BCUT2D eigenvalue weighted by molar-refractivity contribution is 0.586. The Hall–Kier alpha value is -0.520. The van der Waals surface area contributed by atoms with Gasteiger partial charge in [-0.2, -0.15) is 0 Å². The topological polar surface area (TPSA) is 0 Å². The maximum absolute atomic E-state index is 2.54.